The first kappa shape index (κ1) is 20.5. The van der Waals surface area contributed by atoms with E-state index in [-0.39, 0.29) is 11.5 Å². The lowest BCUT2D eigenvalue weighted by Crippen LogP contribution is -2.22. The minimum absolute atomic E-state index is 0.200. The molecule has 0 amide bonds. The van der Waals surface area contributed by atoms with E-state index in [2.05, 4.69) is 46.5 Å². The van der Waals surface area contributed by atoms with Crippen molar-refractivity contribution in [1.82, 2.24) is 14.3 Å². The summed E-state index contributed by atoms with van der Waals surface area (Å²) in [7, 11) is -0.474. The number of thiophene rings is 1. The van der Waals surface area contributed by atoms with Gasteiger partial charge in [0.2, 0.25) is 15.9 Å². The topological polar surface area (TPSA) is 72.4 Å². The highest BCUT2D eigenvalue weighted by Crippen LogP contribution is 2.37. The highest BCUT2D eigenvalue weighted by atomic mass is 32.2. The van der Waals surface area contributed by atoms with Crippen molar-refractivity contribution in [2.75, 3.05) is 14.1 Å². The molecule has 0 saturated carbocycles. The number of hydrogen-bond donors (Lipinski definition) is 0. The molecule has 0 atom stereocenters. The maximum Gasteiger partial charge on any atom is 0.242 e. The van der Waals surface area contributed by atoms with Gasteiger partial charge >= 0.3 is 0 Å². The highest BCUT2D eigenvalue weighted by Gasteiger charge is 2.18. The van der Waals surface area contributed by atoms with Gasteiger partial charge in [0.05, 0.1) is 10.3 Å². The molecule has 0 radical (unpaired) electrons. The lowest BCUT2D eigenvalue weighted by molar-refractivity contribution is 0.297. The first-order valence-corrected chi connectivity index (χ1v) is 11.6. The molecule has 0 unspecified atom stereocenters. The second-order valence-electron chi connectivity index (χ2n) is 7.10. The van der Waals surface area contributed by atoms with Gasteiger partial charge in [-0.1, -0.05) is 42.0 Å². The van der Waals surface area contributed by atoms with Gasteiger partial charge in [-0.3, -0.25) is 0 Å². The van der Waals surface area contributed by atoms with Crippen LogP contribution in [0.2, 0.25) is 0 Å². The van der Waals surface area contributed by atoms with E-state index < -0.39 is 10.0 Å². The van der Waals surface area contributed by atoms with Crippen molar-refractivity contribution in [3.63, 3.8) is 0 Å². The van der Waals surface area contributed by atoms with Crippen molar-refractivity contribution < 1.29 is 13.2 Å². The molecule has 2 aromatic carbocycles. The quantitative estimate of drug-likeness (QED) is 0.442. The van der Waals surface area contributed by atoms with Crippen molar-refractivity contribution in [1.29, 1.82) is 0 Å². The minimum Gasteiger partial charge on any atom is -0.472 e. The SMILES string of the molecule is Cc1ccc(-c2csc3ncnc(OCc4cccc(S(=O)(=O)N(C)C)c4)c23)cc1. The van der Waals surface area contributed by atoms with Crippen LogP contribution in [-0.2, 0) is 16.6 Å². The second-order valence-corrected chi connectivity index (χ2v) is 10.1. The maximum absolute atomic E-state index is 12.4. The normalized spacial score (nSPS) is 11.9. The number of rotatable bonds is 6. The monoisotopic (exact) mass is 439 g/mol. The number of ether oxygens (including phenoxy) is 1. The van der Waals surface area contributed by atoms with Gasteiger partial charge in [-0.25, -0.2) is 22.7 Å². The predicted octanol–water partition coefficient (Wildman–Crippen LogP) is 4.50. The largest absolute Gasteiger partial charge is 0.472 e. The molecule has 0 aliphatic heterocycles. The van der Waals surface area contributed by atoms with Gasteiger partial charge in [-0.05, 0) is 30.2 Å². The van der Waals surface area contributed by atoms with Crippen LogP contribution in [0.5, 0.6) is 5.88 Å². The zero-order valence-electron chi connectivity index (χ0n) is 16.9. The molecule has 0 spiro atoms. The summed E-state index contributed by atoms with van der Waals surface area (Å²) in [6.07, 6.45) is 1.49. The van der Waals surface area contributed by atoms with E-state index in [1.165, 1.54) is 30.3 Å². The van der Waals surface area contributed by atoms with Crippen LogP contribution < -0.4 is 4.74 Å². The molecule has 154 valence electrons. The first-order chi connectivity index (χ1) is 14.4. The van der Waals surface area contributed by atoms with Crippen LogP contribution in [0.15, 0.2) is 65.1 Å². The van der Waals surface area contributed by atoms with Gasteiger partial charge in [0.1, 0.15) is 17.8 Å². The summed E-state index contributed by atoms with van der Waals surface area (Å²) in [5.74, 6) is 0.484. The van der Waals surface area contributed by atoms with E-state index in [0.717, 1.165) is 26.9 Å². The minimum atomic E-state index is -3.50. The van der Waals surface area contributed by atoms with Gasteiger partial charge in [0.25, 0.3) is 0 Å². The van der Waals surface area contributed by atoms with Crippen LogP contribution in [-0.4, -0.2) is 36.8 Å². The van der Waals surface area contributed by atoms with Gasteiger partial charge in [0.15, 0.2) is 0 Å². The Balaban J connectivity index is 1.66. The Morgan fingerprint density at radius 2 is 1.83 bits per heavy atom. The lowest BCUT2D eigenvalue weighted by atomic mass is 10.0. The second kappa shape index (κ2) is 8.14. The van der Waals surface area contributed by atoms with Crippen LogP contribution in [0.25, 0.3) is 21.3 Å². The number of fused-ring (bicyclic) bond motifs is 1. The third kappa shape index (κ3) is 3.94. The molecule has 30 heavy (non-hydrogen) atoms. The van der Waals surface area contributed by atoms with Gasteiger partial charge in [0, 0.05) is 25.0 Å². The molecule has 0 N–H and O–H groups in total. The third-order valence-corrected chi connectivity index (χ3v) is 7.45. The molecule has 0 aliphatic carbocycles. The van der Waals surface area contributed by atoms with Crippen molar-refractivity contribution >= 4 is 31.6 Å². The van der Waals surface area contributed by atoms with Crippen molar-refractivity contribution in [3.05, 3.63) is 71.4 Å². The van der Waals surface area contributed by atoms with E-state index in [1.54, 1.807) is 29.5 Å². The summed E-state index contributed by atoms with van der Waals surface area (Å²) in [6, 6.07) is 15.0. The molecule has 0 aliphatic rings. The average Bonchev–Trinajstić information content (AvgIpc) is 3.18. The lowest BCUT2D eigenvalue weighted by Gasteiger charge is -2.13. The molecule has 4 rings (SSSR count). The fourth-order valence-corrected chi connectivity index (χ4v) is 4.94. The predicted molar refractivity (Wildman–Crippen MR) is 119 cm³/mol. The smallest absolute Gasteiger partial charge is 0.242 e. The van der Waals surface area contributed by atoms with E-state index in [1.807, 2.05) is 6.07 Å². The number of hydrogen-bond acceptors (Lipinski definition) is 6. The third-order valence-electron chi connectivity index (χ3n) is 4.75. The Morgan fingerprint density at radius 1 is 1.07 bits per heavy atom. The van der Waals surface area contributed by atoms with Crippen molar-refractivity contribution in [3.8, 4) is 17.0 Å². The molecule has 2 aromatic heterocycles. The molecule has 2 heterocycles. The first-order valence-electron chi connectivity index (χ1n) is 9.30. The van der Waals surface area contributed by atoms with Crippen molar-refractivity contribution in [2.24, 2.45) is 0 Å². The number of sulfonamides is 1. The van der Waals surface area contributed by atoms with E-state index >= 15 is 0 Å². The van der Waals surface area contributed by atoms with E-state index in [0.29, 0.717) is 5.88 Å². The van der Waals surface area contributed by atoms with E-state index in [9.17, 15) is 8.42 Å². The van der Waals surface area contributed by atoms with Crippen LogP contribution in [0.3, 0.4) is 0 Å². The molecular weight excluding hydrogens is 418 g/mol. The Bertz CT molecular complexity index is 1300. The van der Waals surface area contributed by atoms with Crippen LogP contribution in [0.4, 0.5) is 0 Å². The van der Waals surface area contributed by atoms with Gasteiger partial charge < -0.3 is 4.74 Å². The molecule has 0 bridgehead atoms. The van der Waals surface area contributed by atoms with Crippen LogP contribution >= 0.6 is 11.3 Å². The van der Waals surface area contributed by atoms with Gasteiger partial charge in [-0.15, -0.1) is 11.3 Å². The molecule has 4 aromatic rings. The average molecular weight is 440 g/mol. The van der Waals surface area contributed by atoms with E-state index in [4.69, 9.17) is 4.74 Å². The Hall–Kier alpha value is -2.81. The van der Waals surface area contributed by atoms with Gasteiger partial charge in [-0.2, -0.15) is 0 Å². The number of benzene rings is 2. The molecule has 0 saturated heterocycles. The van der Waals surface area contributed by atoms with Crippen molar-refractivity contribution in [2.45, 2.75) is 18.4 Å². The van der Waals surface area contributed by atoms with Crippen LogP contribution in [0, 0.1) is 6.92 Å². The molecule has 8 heteroatoms. The highest BCUT2D eigenvalue weighted by molar-refractivity contribution is 7.89. The Kier molecular flexibility index (Phi) is 5.55. The zero-order valence-corrected chi connectivity index (χ0v) is 18.5. The molecular formula is C22H21N3O3S2. The summed E-state index contributed by atoms with van der Waals surface area (Å²) in [4.78, 5) is 9.79. The maximum atomic E-state index is 12.4. The number of nitrogens with zero attached hydrogens (tertiary/aromatic N) is 3. The summed E-state index contributed by atoms with van der Waals surface area (Å²) in [5.41, 5.74) is 4.04. The number of aryl methyl sites for hydroxylation is 1. The number of aromatic nitrogens is 2. The fraction of sp³-hybridized carbons (Fsp3) is 0.182. The summed E-state index contributed by atoms with van der Waals surface area (Å²) < 4.78 is 32.0. The Morgan fingerprint density at radius 3 is 2.57 bits per heavy atom. The molecule has 0 fully saturated rings. The summed E-state index contributed by atoms with van der Waals surface area (Å²) >= 11 is 1.54. The van der Waals surface area contributed by atoms with Crippen LogP contribution in [0.1, 0.15) is 11.1 Å². The zero-order chi connectivity index (χ0) is 21.3. The fourth-order valence-electron chi connectivity index (χ4n) is 3.06. The summed E-state index contributed by atoms with van der Waals surface area (Å²) in [6.45, 7) is 2.25. The molecule has 6 nitrogen and oxygen atoms in total. The standard InChI is InChI=1S/C22H21N3O3S2/c1-15-7-9-17(10-8-15)19-13-29-22-20(19)21(23-14-24-22)28-12-16-5-4-6-18(11-16)30(26,27)25(2)3/h4-11,13-14H,12H2,1-3H3. The summed E-state index contributed by atoms with van der Waals surface area (Å²) in [5, 5.41) is 2.92. The Labute approximate surface area is 179 Å².